The summed E-state index contributed by atoms with van der Waals surface area (Å²) in [4.78, 5) is 11.8. The minimum atomic E-state index is -4.47. The minimum Gasteiger partial charge on any atom is -0.370 e. The average Bonchev–Trinajstić information content (AvgIpc) is 3.31. The highest BCUT2D eigenvalue weighted by Crippen LogP contribution is 2.43. The normalized spacial score (nSPS) is 18.4. The SMILES string of the molecule is FC(F)Cn1ncc2ncc(N3CCC4(C3)CN(c3ccnc(C(F)(F)F)c3)C4)cc21. The number of nitrogens with zero attached hydrogens (tertiary/aromatic N) is 6. The molecule has 164 valence electrons. The Morgan fingerprint density at radius 2 is 1.77 bits per heavy atom. The van der Waals surface area contributed by atoms with Gasteiger partial charge in [-0.25, -0.2) is 8.78 Å². The van der Waals surface area contributed by atoms with Gasteiger partial charge >= 0.3 is 6.18 Å². The number of alkyl halides is 5. The minimum absolute atomic E-state index is 0.0140. The summed E-state index contributed by atoms with van der Waals surface area (Å²) in [5.74, 6) is 0. The van der Waals surface area contributed by atoms with Gasteiger partial charge in [0.2, 0.25) is 0 Å². The zero-order valence-electron chi connectivity index (χ0n) is 16.4. The molecule has 2 aliphatic heterocycles. The van der Waals surface area contributed by atoms with Crippen molar-refractivity contribution in [1.82, 2.24) is 19.7 Å². The van der Waals surface area contributed by atoms with Crippen LogP contribution in [0.25, 0.3) is 11.0 Å². The monoisotopic (exact) mass is 438 g/mol. The Labute approximate surface area is 174 Å². The van der Waals surface area contributed by atoms with E-state index in [2.05, 4.69) is 20.0 Å². The molecule has 6 nitrogen and oxygen atoms in total. The Morgan fingerprint density at radius 3 is 2.52 bits per heavy atom. The highest BCUT2D eigenvalue weighted by Gasteiger charge is 2.48. The molecule has 31 heavy (non-hydrogen) atoms. The van der Waals surface area contributed by atoms with Gasteiger partial charge < -0.3 is 9.80 Å². The summed E-state index contributed by atoms with van der Waals surface area (Å²) in [5, 5.41) is 3.99. The van der Waals surface area contributed by atoms with Gasteiger partial charge in [-0.3, -0.25) is 14.6 Å². The molecule has 5 rings (SSSR count). The lowest BCUT2D eigenvalue weighted by Crippen LogP contribution is -2.57. The van der Waals surface area contributed by atoms with Crippen LogP contribution in [0.1, 0.15) is 12.1 Å². The van der Waals surface area contributed by atoms with Gasteiger partial charge in [-0.15, -0.1) is 0 Å². The Kier molecular flexibility index (Phi) is 4.52. The van der Waals surface area contributed by atoms with Crippen LogP contribution in [-0.2, 0) is 12.7 Å². The topological polar surface area (TPSA) is 50.1 Å². The molecule has 0 bridgehead atoms. The summed E-state index contributed by atoms with van der Waals surface area (Å²) in [5.41, 5.74) is 1.57. The number of anilines is 2. The molecule has 0 aromatic carbocycles. The second kappa shape index (κ2) is 7.03. The molecule has 3 aromatic heterocycles. The van der Waals surface area contributed by atoms with Gasteiger partial charge in [0.15, 0.2) is 0 Å². The summed E-state index contributed by atoms with van der Waals surface area (Å²) in [6, 6.07) is 4.50. The van der Waals surface area contributed by atoms with Crippen molar-refractivity contribution in [1.29, 1.82) is 0 Å². The van der Waals surface area contributed by atoms with E-state index in [1.54, 1.807) is 12.3 Å². The quantitative estimate of drug-likeness (QED) is 0.580. The zero-order valence-corrected chi connectivity index (χ0v) is 16.4. The number of hydrogen-bond acceptors (Lipinski definition) is 5. The molecule has 3 aromatic rings. The fraction of sp³-hybridized carbons (Fsp3) is 0.450. The Balaban J connectivity index is 1.29. The molecule has 1 spiro atoms. The van der Waals surface area contributed by atoms with E-state index in [1.165, 1.54) is 17.1 Å². The molecule has 0 aliphatic carbocycles. The molecule has 0 atom stereocenters. The number of halogens is 5. The van der Waals surface area contributed by atoms with E-state index in [9.17, 15) is 22.0 Å². The van der Waals surface area contributed by atoms with Gasteiger partial charge in [0.05, 0.1) is 23.6 Å². The Hall–Kier alpha value is -2.98. The standard InChI is InChI=1S/C20H19F5N6/c21-18(22)9-31-16-5-14(7-27-15(16)8-28-31)29-4-2-19(10-29)11-30(12-19)13-1-3-26-17(6-13)20(23,24)25/h1,3,5-8,18H,2,4,9-12H2. The van der Waals surface area contributed by atoms with Crippen LogP contribution in [0.15, 0.2) is 36.8 Å². The maximum absolute atomic E-state index is 12.9. The van der Waals surface area contributed by atoms with Crippen LogP contribution in [0.2, 0.25) is 0 Å². The smallest absolute Gasteiger partial charge is 0.370 e. The summed E-state index contributed by atoms with van der Waals surface area (Å²) >= 11 is 0. The van der Waals surface area contributed by atoms with Crippen LogP contribution in [0.3, 0.4) is 0 Å². The molecule has 2 aliphatic rings. The second-order valence-corrected chi connectivity index (χ2v) is 8.24. The van der Waals surface area contributed by atoms with Gasteiger partial charge in [0.1, 0.15) is 17.8 Å². The van der Waals surface area contributed by atoms with Crippen LogP contribution in [-0.4, -0.2) is 52.4 Å². The molecule has 0 amide bonds. The van der Waals surface area contributed by atoms with Crippen LogP contribution in [0.4, 0.5) is 33.3 Å². The molecular formula is C20H19F5N6. The van der Waals surface area contributed by atoms with Crippen LogP contribution >= 0.6 is 0 Å². The molecule has 2 saturated heterocycles. The Morgan fingerprint density at radius 1 is 1.00 bits per heavy atom. The number of fused-ring (bicyclic) bond motifs is 1. The van der Waals surface area contributed by atoms with Crippen LogP contribution in [0.5, 0.6) is 0 Å². The molecule has 0 N–H and O–H groups in total. The third-order valence-electron chi connectivity index (χ3n) is 6.05. The Bertz CT molecular complexity index is 1100. The third-order valence-corrected chi connectivity index (χ3v) is 6.05. The predicted octanol–water partition coefficient (Wildman–Crippen LogP) is 3.83. The van der Waals surface area contributed by atoms with Crippen molar-refractivity contribution in [3.8, 4) is 0 Å². The predicted molar refractivity (Wildman–Crippen MR) is 104 cm³/mol. The summed E-state index contributed by atoms with van der Waals surface area (Å²) < 4.78 is 65.6. The maximum Gasteiger partial charge on any atom is 0.433 e. The number of aromatic nitrogens is 4. The van der Waals surface area contributed by atoms with Gasteiger partial charge in [0, 0.05) is 43.5 Å². The van der Waals surface area contributed by atoms with Crippen molar-refractivity contribution in [2.24, 2.45) is 5.41 Å². The first kappa shape index (κ1) is 20.0. The zero-order chi connectivity index (χ0) is 21.8. The van der Waals surface area contributed by atoms with E-state index in [0.717, 1.165) is 31.3 Å². The van der Waals surface area contributed by atoms with E-state index in [0.29, 0.717) is 29.8 Å². The fourth-order valence-electron chi connectivity index (χ4n) is 4.53. The second-order valence-electron chi connectivity index (χ2n) is 8.24. The molecular weight excluding hydrogens is 419 g/mol. The van der Waals surface area contributed by atoms with Gasteiger partial charge in [-0.2, -0.15) is 18.3 Å². The first-order chi connectivity index (χ1) is 14.7. The van der Waals surface area contributed by atoms with Crippen LogP contribution < -0.4 is 9.80 Å². The van der Waals surface area contributed by atoms with E-state index in [-0.39, 0.29) is 5.41 Å². The number of pyridine rings is 2. The molecule has 0 saturated carbocycles. The van der Waals surface area contributed by atoms with Crippen molar-refractivity contribution in [3.63, 3.8) is 0 Å². The van der Waals surface area contributed by atoms with Gasteiger partial charge in [-0.05, 0) is 24.6 Å². The first-order valence-electron chi connectivity index (χ1n) is 9.85. The lowest BCUT2D eigenvalue weighted by Gasteiger charge is -2.49. The average molecular weight is 438 g/mol. The number of hydrogen-bond donors (Lipinski definition) is 0. The third kappa shape index (κ3) is 3.66. The summed E-state index contributed by atoms with van der Waals surface area (Å²) in [7, 11) is 0. The summed E-state index contributed by atoms with van der Waals surface area (Å²) in [6.45, 7) is 2.33. The molecule has 0 radical (unpaired) electrons. The molecule has 0 unspecified atom stereocenters. The van der Waals surface area contributed by atoms with Gasteiger partial charge in [-0.1, -0.05) is 0 Å². The largest absolute Gasteiger partial charge is 0.433 e. The van der Waals surface area contributed by atoms with Crippen molar-refractivity contribution >= 4 is 22.4 Å². The van der Waals surface area contributed by atoms with E-state index >= 15 is 0 Å². The lowest BCUT2D eigenvalue weighted by atomic mass is 9.78. The lowest BCUT2D eigenvalue weighted by molar-refractivity contribution is -0.141. The molecule has 11 heteroatoms. The highest BCUT2D eigenvalue weighted by molar-refractivity contribution is 5.78. The molecule has 2 fully saturated rings. The van der Waals surface area contributed by atoms with E-state index < -0.39 is 24.8 Å². The van der Waals surface area contributed by atoms with Crippen molar-refractivity contribution < 1.29 is 22.0 Å². The summed E-state index contributed by atoms with van der Waals surface area (Å²) in [6.07, 6.45) is -1.70. The van der Waals surface area contributed by atoms with E-state index in [1.807, 2.05) is 11.0 Å². The molecule has 5 heterocycles. The van der Waals surface area contributed by atoms with Crippen LogP contribution in [0, 0.1) is 5.41 Å². The number of rotatable bonds is 4. The maximum atomic E-state index is 12.9. The van der Waals surface area contributed by atoms with Crippen molar-refractivity contribution in [2.75, 3.05) is 36.0 Å². The first-order valence-corrected chi connectivity index (χ1v) is 9.85. The highest BCUT2D eigenvalue weighted by atomic mass is 19.4. The van der Waals surface area contributed by atoms with Crippen molar-refractivity contribution in [2.45, 2.75) is 25.6 Å². The van der Waals surface area contributed by atoms with E-state index in [4.69, 9.17) is 0 Å². The fourth-order valence-corrected chi connectivity index (χ4v) is 4.53. The van der Waals surface area contributed by atoms with Crippen molar-refractivity contribution in [3.05, 3.63) is 42.5 Å². The van der Waals surface area contributed by atoms with Gasteiger partial charge in [0.25, 0.3) is 6.43 Å².